The summed E-state index contributed by atoms with van der Waals surface area (Å²) in [4.78, 5) is 45.0. The minimum atomic E-state index is -0.845. The Morgan fingerprint density at radius 2 is 1.78 bits per heavy atom. The molecule has 1 aliphatic carbocycles. The molecule has 41 heavy (non-hydrogen) atoms. The number of aromatic nitrogens is 4. The first-order valence-corrected chi connectivity index (χ1v) is 13.9. The Kier molecular flexibility index (Phi) is 7.43. The molecule has 5 heterocycles. The number of carbonyl (C=O) groups excluding carboxylic acids is 1. The second kappa shape index (κ2) is 10.6. The normalized spacial score (nSPS) is 18.5. The molecule has 0 saturated heterocycles. The Morgan fingerprint density at radius 1 is 1.07 bits per heavy atom. The molecule has 1 unspecified atom stereocenters. The van der Waals surface area contributed by atoms with E-state index in [1.165, 1.54) is 0 Å². The number of aryl methyl sites for hydroxylation is 2. The van der Waals surface area contributed by atoms with Crippen LogP contribution in [0, 0.1) is 6.92 Å². The summed E-state index contributed by atoms with van der Waals surface area (Å²) in [6.45, 7) is 14.3. The Hall–Kier alpha value is -3.74. The largest absolute Gasteiger partial charge is 2.00 e. The second-order valence-corrected chi connectivity index (χ2v) is 11.1. The van der Waals surface area contributed by atoms with Crippen molar-refractivity contribution in [3.05, 3.63) is 81.7 Å². The molecule has 0 aromatic carbocycles. The van der Waals surface area contributed by atoms with Crippen LogP contribution in [0.5, 0.6) is 0 Å². The molecule has 6 rings (SSSR count). The molecule has 0 amide bonds. The molecule has 2 aromatic heterocycles. The Bertz CT molecular complexity index is 1790. The van der Waals surface area contributed by atoms with E-state index in [2.05, 4.69) is 27.4 Å². The third kappa shape index (κ3) is 4.50. The number of ketones is 1. The van der Waals surface area contributed by atoms with Gasteiger partial charge in [-0.25, -0.2) is 9.97 Å². The molecule has 3 aliphatic heterocycles. The zero-order chi connectivity index (χ0) is 28.5. The summed E-state index contributed by atoms with van der Waals surface area (Å²) in [6, 6.07) is 6.02. The van der Waals surface area contributed by atoms with E-state index in [0.29, 0.717) is 17.7 Å². The summed E-state index contributed by atoms with van der Waals surface area (Å²) >= 11 is 0. The maximum atomic E-state index is 13.3. The molecule has 8 bridgehead atoms. The van der Waals surface area contributed by atoms with Crippen molar-refractivity contribution in [2.24, 2.45) is 0 Å². The van der Waals surface area contributed by atoms with Gasteiger partial charge in [-0.05, 0) is 62.2 Å². The summed E-state index contributed by atoms with van der Waals surface area (Å²) in [5, 5.41) is 9.48. The molecule has 213 valence electrons. The van der Waals surface area contributed by atoms with E-state index in [1.54, 1.807) is 0 Å². The third-order valence-corrected chi connectivity index (χ3v) is 8.86. The average Bonchev–Trinajstić information content (AvgIpc) is 3.65. The summed E-state index contributed by atoms with van der Waals surface area (Å²) < 4.78 is 0. The van der Waals surface area contributed by atoms with Gasteiger partial charge in [-0.1, -0.05) is 55.8 Å². The first-order chi connectivity index (χ1) is 19.1. The molecule has 2 aromatic rings. The van der Waals surface area contributed by atoms with Crippen molar-refractivity contribution in [2.75, 3.05) is 0 Å². The summed E-state index contributed by atoms with van der Waals surface area (Å²) in [5.74, 6) is -0.986. The number of hydrogen-bond donors (Lipinski definition) is 1. The number of fused-ring (bicyclic) bond motifs is 8. The minimum Gasteiger partial charge on any atom is -0.664 e. The topological polar surface area (TPSA) is 108 Å². The van der Waals surface area contributed by atoms with Crippen molar-refractivity contribution in [3.63, 3.8) is 0 Å². The van der Waals surface area contributed by atoms with Crippen LogP contribution in [-0.4, -0.2) is 26.8 Å². The van der Waals surface area contributed by atoms with Crippen molar-refractivity contribution in [1.82, 2.24) is 19.9 Å². The monoisotopic (exact) mass is 595 g/mol. The number of nitrogens with zero attached hydrogens (tertiary/aromatic N) is 4. The molecule has 0 spiro atoms. The number of Topliss-reactive ketones (excluding diaryl/α,β-unsaturated/α-hetero) is 1. The zero-order valence-electron chi connectivity index (χ0n) is 23.9. The number of allylic oxidation sites excluding steroid dienone is 5. The van der Waals surface area contributed by atoms with Gasteiger partial charge in [-0.3, -0.25) is 9.59 Å². The van der Waals surface area contributed by atoms with Crippen LogP contribution in [0.4, 0.5) is 0 Å². The molecule has 0 saturated carbocycles. The molecule has 7 nitrogen and oxygen atoms in total. The number of hydrogen-bond acceptors (Lipinski definition) is 4. The van der Waals surface area contributed by atoms with Crippen LogP contribution < -0.4 is 9.97 Å². The second-order valence-electron chi connectivity index (χ2n) is 11.1. The van der Waals surface area contributed by atoms with Crippen molar-refractivity contribution < 1.29 is 31.8 Å². The van der Waals surface area contributed by atoms with Gasteiger partial charge in [-0.15, -0.1) is 11.0 Å². The van der Waals surface area contributed by atoms with Gasteiger partial charge in [0.15, 0.2) is 5.78 Å². The number of aliphatic carboxylic acids is 1. The van der Waals surface area contributed by atoms with E-state index in [9.17, 15) is 14.7 Å². The first kappa shape index (κ1) is 28.8. The van der Waals surface area contributed by atoms with E-state index in [0.717, 1.165) is 79.3 Å². The van der Waals surface area contributed by atoms with Crippen LogP contribution in [0.3, 0.4) is 0 Å². The SMILES string of the molecule is C=CC1=C(C)c2cc3[n-]c(c4c5nc(cc6[n-]c(cc1n2)c(C)c6CC)C(C)=C5C(=O)C4)C(CCC(=O)O)[C@@H]3C.[Cu+2]. The maximum Gasteiger partial charge on any atom is 2.00 e. The fourth-order valence-electron chi connectivity index (χ4n) is 6.54. The molecule has 0 fully saturated rings. The third-order valence-electron chi connectivity index (χ3n) is 8.86. The van der Waals surface area contributed by atoms with Crippen LogP contribution in [0.1, 0.15) is 103 Å². The number of rotatable bonds is 5. The van der Waals surface area contributed by atoms with Gasteiger partial charge in [0.2, 0.25) is 0 Å². The van der Waals surface area contributed by atoms with Gasteiger partial charge < -0.3 is 15.1 Å². The van der Waals surface area contributed by atoms with Gasteiger partial charge in [0.25, 0.3) is 0 Å². The molecule has 8 heteroatoms. The van der Waals surface area contributed by atoms with Crippen LogP contribution in [0.25, 0.3) is 33.3 Å². The smallest absolute Gasteiger partial charge is 0.664 e. The standard InChI is InChI=1S/C33H34N4O3.Cu/c1-7-19-15(3)23-12-25-17(5)21(9-10-30(39)40)32(36-25)22-11-29(38)31-18(6)26(37-33(22)31)14-28-20(8-2)16(4)24(35-28)13-27(19)34-23;/h7,12-14,17,21H,1,8-11H2,2-6H3,(H3,34,35,36,37,38,39,40);/q;+2/p-2/t17-,21?;/m0./s1. The fraction of sp³-hybridized carbons (Fsp3) is 0.333. The van der Waals surface area contributed by atoms with Gasteiger partial charge in [0.05, 0.1) is 22.8 Å². The fourth-order valence-corrected chi connectivity index (χ4v) is 6.54. The molecule has 4 aliphatic rings. The van der Waals surface area contributed by atoms with Gasteiger partial charge in [0, 0.05) is 24.0 Å². The van der Waals surface area contributed by atoms with Crippen molar-refractivity contribution in [3.8, 4) is 0 Å². The van der Waals surface area contributed by atoms with E-state index in [4.69, 9.17) is 19.9 Å². The van der Waals surface area contributed by atoms with Crippen LogP contribution >= 0.6 is 0 Å². The summed E-state index contributed by atoms with van der Waals surface area (Å²) in [7, 11) is 0. The predicted molar refractivity (Wildman–Crippen MR) is 156 cm³/mol. The molecular formula is C33H32CuN4O3. The van der Waals surface area contributed by atoms with E-state index >= 15 is 0 Å². The zero-order valence-corrected chi connectivity index (χ0v) is 24.8. The van der Waals surface area contributed by atoms with Crippen LogP contribution in [0.15, 0.2) is 30.9 Å². The van der Waals surface area contributed by atoms with E-state index in [-0.39, 0.29) is 47.5 Å². The number of carboxylic acids is 1. The van der Waals surface area contributed by atoms with E-state index in [1.807, 2.05) is 38.1 Å². The van der Waals surface area contributed by atoms with Crippen LogP contribution in [-0.2, 0) is 39.5 Å². The Morgan fingerprint density at radius 3 is 2.46 bits per heavy atom. The predicted octanol–water partition coefficient (Wildman–Crippen LogP) is 6.09. The van der Waals surface area contributed by atoms with Crippen molar-refractivity contribution in [1.29, 1.82) is 0 Å². The van der Waals surface area contributed by atoms with Crippen LogP contribution in [0.2, 0.25) is 0 Å². The average molecular weight is 596 g/mol. The van der Waals surface area contributed by atoms with Gasteiger partial charge in [0.1, 0.15) is 0 Å². The number of carbonyl (C=O) groups is 2. The Balaban J connectivity index is 0.00000337. The van der Waals surface area contributed by atoms with Crippen molar-refractivity contribution >= 4 is 45.1 Å². The quantitative estimate of drug-likeness (QED) is 0.417. The van der Waals surface area contributed by atoms with Crippen molar-refractivity contribution in [2.45, 2.75) is 72.1 Å². The maximum absolute atomic E-state index is 13.3. The summed E-state index contributed by atoms with van der Waals surface area (Å²) in [5.41, 5.74) is 12.9. The first-order valence-electron chi connectivity index (χ1n) is 13.9. The van der Waals surface area contributed by atoms with Gasteiger partial charge in [-0.2, -0.15) is 11.4 Å². The summed E-state index contributed by atoms with van der Waals surface area (Å²) in [6.07, 6.45) is 3.33. The number of carboxylic acid groups (broad SMARTS) is 1. The Labute approximate surface area is 250 Å². The van der Waals surface area contributed by atoms with Gasteiger partial charge >= 0.3 is 23.0 Å². The van der Waals surface area contributed by atoms with E-state index < -0.39 is 5.97 Å². The molecular weight excluding hydrogens is 564 g/mol. The molecule has 2 atom stereocenters. The molecule has 1 radical (unpaired) electrons. The minimum absolute atomic E-state index is 0. The molecule has 1 N–H and O–H groups in total.